The summed E-state index contributed by atoms with van der Waals surface area (Å²) in [7, 11) is 0. The van der Waals surface area contributed by atoms with Crippen LogP contribution in [0.15, 0.2) is 48.5 Å². The Morgan fingerprint density at radius 2 is 1.83 bits per heavy atom. The van der Waals surface area contributed by atoms with Crippen molar-refractivity contribution in [3.63, 3.8) is 0 Å². The average Bonchev–Trinajstić information content (AvgIpc) is 2.76. The summed E-state index contributed by atoms with van der Waals surface area (Å²) >= 11 is 0. The number of benzene rings is 2. The lowest BCUT2D eigenvalue weighted by Crippen LogP contribution is -1.94. The molecule has 90 valence electrons. The molecule has 0 amide bonds. The quantitative estimate of drug-likeness (QED) is 0.737. The first-order valence-electron chi connectivity index (χ1n) is 6.46. The third kappa shape index (κ3) is 1.98. The molecule has 0 aliphatic heterocycles. The second-order valence-electron chi connectivity index (χ2n) is 4.73. The van der Waals surface area contributed by atoms with Crippen LogP contribution in [0.1, 0.15) is 23.1 Å². The molecule has 3 rings (SSSR count). The van der Waals surface area contributed by atoms with E-state index in [4.69, 9.17) is 5.73 Å². The minimum Gasteiger partial charge on any atom is -0.330 e. The number of fused-ring (bicyclic) bond motifs is 3. The maximum atomic E-state index is 5.49. The molecule has 0 fully saturated rings. The lowest BCUT2D eigenvalue weighted by atomic mass is 10.0. The third-order valence-electron chi connectivity index (χ3n) is 3.46. The van der Waals surface area contributed by atoms with Gasteiger partial charge in [0.1, 0.15) is 0 Å². The van der Waals surface area contributed by atoms with E-state index in [0.717, 1.165) is 12.8 Å². The SMILES string of the molecule is NCCC=Cc1ccc2c(c1)Cc1ccccc1-2. The molecular weight excluding hydrogens is 218 g/mol. The Morgan fingerprint density at radius 1 is 1.00 bits per heavy atom. The monoisotopic (exact) mass is 235 g/mol. The number of nitrogens with two attached hydrogens (primary N) is 1. The molecule has 18 heavy (non-hydrogen) atoms. The van der Waals surface area contributed by atoms with Gasteiger partial charge in [0.25, 0.3) is 0 Å². The minimum atomic E-state index is 0.715. The van der Waals surface area contributed by atoms with E-state index in [2.05, 4.69) is 54.6 Å². The summed E-state index contributed by atoms with van der Waals surface area (Å²) in [4.78, 5) is 0. The van der Waals surface area contributed by atoms with Crippen LogP contribution in [0.25, 0.3) is 17.2 Å². The van der Waals surface area contributed by atoms with Crippen molar-refractivity contribution in [1.82, 2.24) is 0 Å². The Labute approximate surface area is 108 Å². The van der Waals surface area contributed by atoms with Gasteiger partial charge in [0.2, 0.25) is 0 Å². The molecule has 0 saturated carbocycles. The van der Waals surface area contributed by atoms with Gasteiger partial charge in [-0.1, -0.05) is 54.6 Å². The van der Waals surface area contributed by atoms with Gasteiger partial charge < -0.3 is 5.73 Å². The highest BCUT2D eigenvalue weighted by Crippen LogP contribution is 2.36. The highest BCUT2D eigenvalue weighted by atomic mass is 14.5. The van der Waals surface area contributed by atoms with Crippen LogP contribution >= 0.6 is 0 Å². The molecule has 0 radical (unpaired) electrons. The van der Waals surface area contributed by atoms with Crippen LogP contribution in [0.3, 0.4) is 0 Å². The van der Waals surface area contributed by atoms with Crippen molar-refractivity contribution in [2.45, 2.75) is 12.8 Å². The molecule has 0 heterocycles. The normalized spacial score (nSPS) is 12.7. The second kappa shape index (κ2) is 4.79. The van der Waals surface area contributed by atoms with E-state index >= 15 is 0 Å². The molecule has 2 aromatic carbocycles. The molecule has 0 bridgehead atoms. The first-order valence-corrected chi connectivity index (χ1v) is 6.46. The molecule has 1 aliphatic carbocycles. The van der Waals surface area contributed by atoms with Crippen LogP contribution in [-0.4, -0.2) is 6.54 Å². The average molecular weight is 235 g/mol. The number of hydrogen-bond donors (Lipinski definition) is 1. The molecular formula is C17H17N. The van der Waals surface area contributed by atoms with Crippen molar-refractivity contribution in [2.75, 3.05) is 6.54 Å². The summed E-state index contributed by atoms with van der Waals surface area (Å²) in [6, 6.07) is 15.4. The van der Waals surface area contributed by atoms with Crippen molar-refractivity contribution >= 4 is 6.08 Å². The van der Waals surface area contributed by atoms with E-state index < -0.39 is 0 Å². The Bertz CT molecular complexity index is 596. The Kier molecular flexibility index (Phi) is 2.99. The molecule has 1 heteroatoms. The van der Waals surface area contributed by atoms with Gasteiger partial charge in [0.15, 0.2) is 0 Å². The maximum absolute atomic E-state index is 5.49. The van der Waals surface area contributed by atoms with Crippen molar-refractivity contribution in [2.24, 2.45) is 5.73 Å². The van der Waals surface area contributed by atoms with Gasteiger partial charge in [0.05, 0.1) is 0 Å². The zero-order valence-electron chi connectivity index (χ0n) is 10.4. The fourth-order valence-electron chi connectivity index (χ4n) is 2.58. The van der Waals surface area contributed by atoms with E-state index in [-0.39, 0.29) is 0 Å². The van der Waals surface area contributed by atoms with Crippen LogP contribution in [0.5, 0.6) is 0 Å². The van der Waals surface area contributed by atoms with Gasteiger partial charge in [0, 0.05) is 0 Å². The topological polar surface area (TPSA) is 26.0 Å². The molecule has 1 nitrogen and oxygen atoms in total. The highest BCUT2D eigenvalue weighted by molar-refractivity contribution is 5.78. The van der Waals surface area contributed by atoms with Gasteiger partial charge in [-0.2, -0.15) is 0 Å². The summed E-state index contributed by atoms with van der Waals surface area (Å²) in [5.41, 5.74) is 12.4. The van der Waals surface area contributed by atoms with E-state index in [1.54, 1.807) is 0 Å². The van der Waals surface area contributed by atoms with E-state index in [1.807, 2.05) is 0 Å². The highest BCUT2D eigenvalue weighted by Gasteiger charge is 2.17. The zero-order valence-corrected chi connectivity index (χ0v) is 10.4. The van der Waals surface area contributed by atoms with Gasteiger partial charge in [-0.3, -0.25) is 0 Å². The predicted molar refractivity (Wildman–Crippen MR) is 77.4 cm³/mol. The first-order chi connectivity index (χ1) is 8.88. The standard InChI is InChI=1S/C17H17N/c18-10-4-3-5-13-8-9-17-15(11-13)12-14-6-1-2-7-16(14)17/h1-3,5-9,11H,4,10,12,18H2. The molecule has 0 aromatic heterocycles. The lowest BCUT2D eigenvalue weighted by Gasteiger charge is -2.01. The fourth-order valence-corrected chi connectivity index (χ4v) is 2.58. The Morgan fingerprint density at radius 3 is 2.72 bits per heavy atom. The van der Waals surface area contributed by atoms with E-state index in [9.17, 15) is 0 Å². The molecule has 2 aromatic rings. The van der Waals surface area contributed by atoms with Crippen molar-refractivity contribution < 1.29 is 0 Å². The Hall–Kier alpha value is -1.86. The lowest BCUT2D eigenvalue weighted by molar-refractivity contribution is 1.01. The van der Waals surface area contributed by atoms with Crippen LogP contribution in [0, 0.1) is 0 Å². The van der Waals surface area contributed by atoms with Gasteiger partial charge in [-0.05, 0) is 47.2 Å². The van der Waals surface area contributed by atoms with Crippen molar-refractivity contribution in [3.8, 4) is 11.1 Å². The summed E-state index contributed by atoms with van der Waals surface area (Å²) in [5.74, 6) is 0. The van der Waals surface area contributed by atoms with Gasteiger partial charge >= 0.3 is 0 Å². The summed E-state index contributed by atoms with van der Waals surface area (Å²) in [6.45, 7) is 0.715. The molecule has 0 atom stereocenters. The molecule has 0 unspecified atom stereocenters. The van der Waals surface area contributed by atoms with Crippen LogP contribution in [0.2, 0.25) is 0 Å². The molecule has 0 spiro atoms. The smallest absolute Gasteiger partial charge is 0.00132 e. The molecule has 2 N–H and O–H groups in total. The van der Waals surface area contributed by atoms with Gasteiger partial charge in [-0.25, -0.2) is 0 Å². The zero-order chi connectivity index (χ0) is 12.4. The number of rotatable bonds is 3. The largest absolute Gasteiger partial charge is 0.330 e. The van der Waals surface area contributed by atoms with E-state index in [1.165, 1.54) is 27.8 Å². The van der Waals surface area contributed by atoms with Crippen LogP contribution in [-0.2, 0) is 6.42 Å². The minimum absolute atomic E-state index is 0.715. The Balaban J connectivity index is 1.93. The van der Waals surface area contributed by atoms with Crippen LogP contribution < -0.4 is 5.73 Å². The van der Waals surface area contributed by atoms with Crippen molar-refractivity contribution in [3.05, 3.63) is 65.2 Å². The first kappa shape index (κ1) is 11.2. The summed E-state index contributed by atoms with van der Waals surface area (Å²) in [6.07, 6.45) is 6.31. The third-order valence-corrected chi connectivity index (χ3v) is 3.46. The predicted octanol–water partition coefficient (Wildman–Crippen LogP) is 3.62. The number of hydrogen-bond acceptors (Lipinski definition) is 1. The fraction of sp³-hybridized carbons (Fsp3) is 0.176. The van der Waals surface area contributed by atoms with E-state index in [0.29, 0.717) is 6.54 Å². The van der Waals surface area contributed by atoms with Crippen molar-refractivity contribution in [1.29, 1.82) is 0 Å². The maximum Gasteiger partial charge on any atom is -0.00132 e. The van der Waals surface area contributed by atoms with Gasteiger partial charge in [-0.15, -0.1) is 0 Å². The second-order valence-corrected chi connectivity index (χ2v) is 4.73. The molecule has 1 aliphatic rings. The molecule has 0 saturated heterocycles. The van der Waals surface area contributed by atoms with Crippen LogP contribution in [0.4, 0.5) is 0 Å². The summed E-state index contributed by atoms with van der Waals surface area (Å²) < 4.78 is 0. The summed E-state index contributed by atoms with van der Waals surface area (Å²) in [5, 5.41) is 0.